The molecule has 3 unspecified atom stereocenters. The van der Waals surface area contributed by atoms with Gasteiger partial charge >= 0.3 is 12.1 Å². The van der Waals surface area contributed by atoms with E-state index < -0.39 is 80.3 Å². The monoisotopic (exact) mass is 704 g/mol. The Bertz CT molecular complexity index is 1600. The van der Waals surface area contributed by atoms with E-state index in [9.17, 15) is 32.4 Å². The smallest absolute Gasteiger partial charge is 0.408 e. The van der Waals surface area contributed by atoms with E-state index in [1.807, 2.05) is 0 Å². The number of esters is 1. The van der Waals surface area contributed by atoms with Crippen LogP contribution in [0.4, 0.5) is 4.79 Å². The van der Waals surface area contributed by atoms with Gasteiger partial charge in [-0.25, -0.2) is 18.0 Å². The second-order valence-corrected chi connectivity index (χ2v) is 15.7. The van der Waals surface area contributed by atoms with Gasteiger partial charge in [0.15, 0.2) is 0 Å². The van der Waals surface area contributed by atoms with Gasteiger partial charge in [0, 0.05) is 18.9 Å². The molecule has 15 nitrogen and oxygen atoms in total. The molecule has 5 rings (SSSR count). The summed E-state index contributed by atoms with van der Waals surface area (Å²) < 4.78 is 49.7. The molecule has 268 valence electrons. The predicted molar refractivity (Wildman–Crippen MR) is 174 cm³/mol. The largest absolute Gasteiger partial charge is 0.496 e. The van der Waals surface area contributed by atoms with E-state index >= 15 is 0 Å². The normalized spacial score (nSPS) is 28.4. The molecule has 2 aliphatic heterocycles. The Morgan fingerprint density at radius 1 is 1.10 bits per heavy atom. The number of hydrogen-bond acceptors (Lipinski definition) is 11. The van der Waals surface area contributed by atoms with E-state index in [-0.39, 0.29) is 50.3 Å². The fourth-order valence-corrected chi connectivity index (χ4v) is 7.40. The van der Waals surface area contributed by atoms with Crippen molar-refractivity contribution in [3.63, 3.8) is 0 Å². The van der Waals surface area contributed by atoms with Gasteiger partial charge in [-0.1, -0.05) is 24.3 Å². The van der Waals surface area contributed by atoms with Crippen molar-refractivity contribution >= 4 is 39.8 Å². The van der Waals surface area contributed by atoms with Gasteiger partial charge in [-0.15, -0.1) is 0 Å². The summed E-state index contributed by atoms with van der Waals surface area (Å²) in [5.41, 5.74) is -2.29. The number of methoxy groups -OCH3 is 1. The highest BCUT2D eigenvalue weighted by Crippen LogP contribution is 2.46. The van der Waals surface area contributed by atoms with Crippen LogP contribution >= 0.6 is 0 Å². The van der Waals surface area contributed by atoms with Crippen LogP contribution in [0.25, 0.3) is 0 Å². The van der Waals surface area contributed by atoms with E-state index in [0.717, 1.165) is 0 Å². The van der Waals surface area contributed by atoms with Gasteiger partial charge in [-0.05, 0) is 65.0 Å². The zero-order chi connectivity index (χ0) is 35.6. The Morgan fingerprint density at radius 3 is 2.53 bits per heavy atom. The average Bonchev–Trinajstić information content (AvgIpc) is 3.95. The Balaban J connectivity index is 1.43. The molecular formula is C33H44N4O11S. The Hall–Kier alpha value is -4.18. The van der Waals surface area contributed by atoms with E-state index in [2.05, 4.69) is 15.4 Å². The first kappa shape index (κ1) is 36.1. The third-order valence-electron chi connectivity index (χ3n) is 8.77. The van der Waals surface area contributed by atoms with E-state index in [1.54, 1.807) is 51.1 Å². The first-order valence-electron chi connectivity index (χ1n) is 16.4. The third-order valence-corrected chi connectivity index (χ3v) is 10.6. The topological polar surface area (TPSA) is 196 Å². The van der Waals surface area contributed by atoms with Crippen LogP contribution in [0.5, 0.6) is 5.75 Å². The van der Waals surface area contributed by atoms with Gasteiger partial charge in [-0.2, -0.15) is 0 Å². The number of rotatable bonds is 7. The van der Waals surface area contributed by atoms with Crippen molar-refractivity contribution < 1.29 is 51.3 Å². The summed E-state index contributed by atoms with van der Waals surface area (Å²) in [7, 11) is -2.52. The molecule has 0 aromatic heterocycles. The number of carbonyl (C=O) groups is 5. The van der Waals surface area contributed by atoms with Crippen LogP contribution in [0.3, 0.4) is 0 Å². The van der Waals surface area contributed by atoms with Gasteiger partial charge in [-0.3, -0.25) is 19.1 Å². The van der Waals surface area contributed by atoms with E-state index in [0.29, 0.717) is 19.3 Å². The molecular weight excluding hydrogens is 660 g/mol. The number of benzene rings is 1. The predicted octanol–water partition coefficient (Wildman–Crippen LogP) is 1.56. The van der Waals surface area contributed by atoms with Crippen molar-refractivity contribution in [2.45, 2.75) is 93.9 Å². The molecule has 0 bridgehead atoms. The molecule has 5 atom stereocenters. The standard InChI is InChI=1S/C33H44N4O11S/c1-32(2,3)48-31(42)34-24-11-8-16-46-15-7-9-20-18-33(20,30(41)36-49(43,44)22-13-14-22)35-27(38)25-17-21(19-37(25)28(24)39)47-29(40)23-10-5-6-12-26(23)45-4/h5-7,9-10,12,20-22,24-25H,8,11,13-19H2,1-4H3,(H,34,42)(H,35,38)(H,36,41)/b9-7-/t20?,21-,24-,25?,33?/m1/s1. The summed E-state index contributed by atoms with van der Waals surface area (Å²) in [6.45, 7) is 5.26. The number of fused-ring (bicyclic) bond motifs is 2. The summed E-state index contributed by atoms with van der Waals surface area (Å²) in [4.78, 5) is 69.1. The lowest BCUT2D eigenvalue weighted by Gasteiger charge is -2.30. The molecule has 3 fully saturated rings. The zero-order valence-corrected chi connectivity index (χ0v) is 28.9. The van der Waals surface area contributed by atoms with Gasteiger partial charge in [0.2, 0.25) is 21.8 Å². The number of para-hydroxylation sites is 1. The van der Waals surface area contributed by atoms with Crippen LogP contribution in [0, 0.1) is 5.92 Å². The van der Waals surface area contributed by atoms with Crippen molar-refractivity contribution in [3.05, 3.63) is 42.0 Å². The fraction of sp³-hybridized carbons (Fsp3) is 0.606. The molecule has 4 aliphatic rings. The fourth-order valence-electron chi connectivity index (χ4n) is 6.04. The lowest BCUT2D eigenvalue weighted by atomic mass is 10.1. The summed E-state index contributed by atoms with van der Waals surface area (Å²) >= 11 is 0. The third kappa shape index (κ3) is 8.71. The summed E-state index contributed by atoms with van der Waals surface area (Å²) in [6, 6.07) is 4.08. The molecule has 0 spiro atoms. The van der Waals surface area contributed by atoms with Crippen LogP contribution in [-0.4, -0.2) is 105 Å². The van der Waals surface area contributed by atoms with Crippen molar-refractivity contribution in [1.29, 1.82) is 0 Å². The van der Waals surface area contributed by atoms with Gasteiger partial charge < -0.3 is 34.5 Å². The van der Waals surface area contributed by atoms with Gasteiger partial charge in [0.1, 0.15) is 40.6 Å². The highest BCUT2D eigenvalue weighted by molar-refractivity contribution is 7.91. The first-order chi connectivity index (χ1) is 23.1. The lowest BCUT2D eigenvalue weighted by molar-refractivity contribution is -0.141. The number of hydrogen-bond donors (Lipinski definition) is 3. The molecule has 2 aliphatic carbocycles. The van der Waals surface area contributed by atoms with Gasteiger partial charge in [0.05, 0.1) is 25.5 Å². The summed E-state index contributed by atoms with van der Waals surface area (Å²) in [5.74, 6) is -3.22. The number of nitrogens with one attached hydrogen (secondary N) is 3. The maximum Gasteiger partial charge on any atom is 0.408 e. The highest BCUT2D eigenvalue weighted by atomic mass is 32.2. The second-order valence-electron chi connectivity index (χ2n) is 13.8. The molecule has 16 heteroatoms. The number of sulfonamides is 1. The van der Waals surface area contributed by atoms with Crippen molar-refractivity contribution in [2.24, 2.45) is 5.92 Å². The van der Waals surface area contributed by atoms with Crippen molar-refractivity contribution in [2.75, 3.05) is 26.9 Å². The molecule has 1 aromatic rings. The van der Waals surface area contributed by atoms with Crippen LogP contribution < -0.4 is 20.1 Å². The second kappa shape index (κ2) is 14.4. The minimum Gasteiger partial charge on any atom is -0.496 e. The number of alkyl carbamates (subject to hydrolysis) is 1. The number of carbonyl (C=O) groups excluding carboxylic acids is 5. The molecule has 49 heavy (non-hydrogen) atoms. The zero-order valence-electron chi connectivity index (χ0n) is 28.1. The molecule has 3 N–H and O–H groups in total. The molecule has 4 amide bonds. The summed E-state index contributed by atoms with van der Waals surface area (Å²) in [6.07, 6.45) is 3.00. The number of nitrogens with zero attached hydrogens (tertiary/aromatic N) is 1. The SMILES string of the molecule is COc1ccccc1C(=O)O[C@@H]1CC2C(=O)NC3(C(=O)NS(=O)(=O)C4CC4)CC3/C=C\COCCC[C@@H](NC(=O)OC(C)(C)C)C(=O)N2C1. The lowest BCUT2D eigenvalue weighted by Crippen LogP contribution is -2.58. The molecule has 1 aromatic carbocycles. The molecule has 1 saturated heterocycles. The van der Waals surface area contributed by atoms with E-state index in [1.165, 1.54) is 18.1 Å². The highest BCUT2D eigenvalue weighted by Gasteiger charge is 2.62. The first-order valence-corrected chi connectivity index (χ1v) is 17.9. The van der Waals surface area contributed by atoms with Gasteiger partial charge in [0.25, 0.3) is 5.91 Å². The molecule has 2 heterocycles. The minimum atomic E-state index is -3.93. The summed E-state index contributed by atoms with van der Waals surface area (Å²) in [5, 5.41) is 4.70. The Morgan fingerprint density at radius 2 is 1.84 bits per heavy atom. The Kier molecular flexibility index (Phi) is 10.6. The van der Waals surface area contributed by atoms with Crippen LogP contribution in [0.2, 0.25) is 0 Å². The van der Waals surface area contributed by atoms with Crippen LogP contribution in [0.1, 0.15) is 69.7 Å². The molecule has 2 saturated carbocycles. The minimum absolute atomic E-state index is 0.122. The Labute approximate surface area is 285 Å². The van der Waals surface area contributed by atoms with Crippen molar-refractivity contribution in [3.8, 4) is 5.75 Å². The van der Waals surface area contributed by atoms with Crippen LogP contribution in [-0.2, 0) is 38.6 Å². The quantitative estimate of drug-likeness (QED) is 0.275. The van der Waals surface area contributed by atoms with E-state index in [4.69, 9.17) is 18.9 Å². The maximum atomic E-state index is 14.2. The maximum absolute atomic E-state index is 14.2. The van der Waals surface area contributed by atoms with Crippen molar-refractivity contribution in [1.82, 2.24) is 20.3 Å². The number of ether oxygens (including phenoxy) is 4. The number of amides is 4. The average molecular weight is 705 g/mol. The van der Waals surface area contributed by atoms with Crippen LogP contribution in [0.15, 0.2) is 36.4 Å². The molecule has 0 radical (unpaired) electrons.